The van der Waals surface area contributed by atoms with E-state index in [1.807, 2.05) is 6.26 Å². The lowest BCUT2D eigenvalue weighted by atomic mass is 9.91. The van der Waals surface area contributed by atoms with Crippen molar-refractivity contribution in [3.8, 4) is 0 Å². The van der Waals surface area contributed by atoms with Crippen molar-refractivity contribution in [1.29, 1.82) is 0 Å². The molecule has 3 heteroatoms. The van der Waals surface area contributed by atoms with Gasteiger partial charge in [0.2, 0.25) is 0 Å². The molecule has 1 fully saturated rings. The maximum absolute atomic E-state index is 5.25. The van der Waals surface area contributed by atoms with Crippen LogP contribution in [-0.2, 0) is 0 Å². The third-order valence-corrected chi connectivity index (χ3v) is 4.69. The lowest BCUT2D eigenvalue weighted by Gasteiger charge is -2.25. The van der Waals surface area contributed by atoms with Crippen LogP contribution in [0.5, 0.6) is 0 Å². The third kappa shape index (κ3) is 4.35. The zero-order chi connectivity index (χ0) is 14.2. The minimum absolute atomic E-state index is 0.436. The van der Waals surface area contributed by atoms with E-state index in [0.717, 1.165) is 12.5 Å². The standard InChI is InChI=1S/C17H30N2O/c1-3-11-19-17(15-10-12-20-13-15)9-8-16(18-2)14-6-4-5-7-14/h10,12-14,16-19H,3-9,11H2,1-2H3. The highest BCUT2D eigenvalue weighted by molar-refractivity contribution is 5.11. The van der Waals surface area contributed by atoms with Crippen LogP contribution in [0.15, 0.2) is 23.0 Å². The molecule has 0 aromatic carbocycles. The normalized spacial score (nSPS) is 19.3. The van der Waals surface area contributed by atoms with Crippen LogP contribution in [0, 0.1) is 5.92 Å². The van der Waals surface area contributed by atoms with Gasteiger partial charge in [-0.25, -0.2) is 0 Å². The summed E-state index contributed by atoms with van der Waals surface area (Å²) in [5.74, 6) is 0.885. The predicted molar refractivity (Wildman–Crippen MR) is 83.8 cm³/mol. The lowest BCUT2D eigenvalue weighted by molar-refractivity contribution is 0.332. The van der Waals surface area contributed by atoms with E-state index in [0.29, 0.717) is 12.1 Å². The molecule has 2 N–H and O–H groups in total. The molecular weight excluding hydrogens is 248 g/mol. The summed E-state index contributed by atoms with van der Waals surface area (Å²) >= 11 is 0. The number of hydrogen-bond donors (Lipinski definition) is 2. The Hall–Kier alpha value is -0.800. The molecule has 1 aromatic rings. The van der Waals surface area contributed by atoms with E-state index < -0.39 is 0 Å². The average molecular weight is 278 g/mol. The number of rotatable bonds is 9. The van der Waals surface area contributed by atoms with Crippen molar-refractivity contribution < 1.29 is 4.42 Å². The van der Waals surface area contributed by atoms with Gasteiger partial charge in [0.05, 0.1) is 12.5 Å². The van der Waals surface area contributed by atoms with Gasteiger partial charge in [0.15, 0.2) is 0 Å². The van der Waals surface area contributed by atoms with Gasteiger partial charge in [-0.05, 0) is 57.7 Å². The van der Waals surface area contributed by atoms with Crippen molar-refractivity contribution in [3.05, 3.63) is 24.2 Å². The van der Waals surface area contributed by atoms with Gasteiger partial charge in [-0.2, -0.15) is 0 Å². The second kappa shape index (κ2) is 8.48. The Balaban J connectivity index is 1.86. The van der Waals surface area contributed by atoms with E-state index in [9.17, 15) is 0 Å². The third-order valence-electron chi connectivity index (χ3n) is 4.69. The van der Waals surface area contributed by atoms with Gasteiger partial charge in [0, 0.05) is 17.6 Å². The Kier molecular flexibility index (Phi) is 6.61. The zero-order valence-electron chi connectivity index (χ0n) is 13.0. The van der Waals surface area contributed by atoms with Crippen LogP contribution in [-0.4, -0.2) is 19.6 Å². The molecular formula is C17H30N2O. The fourth-order valence-electron chi connectivity index (χ4n) is 3.50. The van der Waals surface area contributed by atoms with Crippen LogP contribution in [0.3, 0.4) is 0 Å². The number of hydrogen-bond acceptors (Lipinski definition) is 3. The average Bonchev–Trinajstić information content (AvgIpc) is 3.15. The molecule has 0 spiro atoms. The number of nitrogens with one attached hydrogen (secondary N) is 2. The molecule has 1 heterocycles. The smallest absolute Gasteiger partial charge is 0.0950 e. The van der Waals surface area contributed by atoms with Gasteiger partial charge in [-0.15, -0.1) is 0 Å². The van der Waals surface area contributed by atoms with E-state index in [1.54, 1.807) is 6.26 Å². The maximum Gasteiger partial charge on any atom is 0.0950 e. The fraction of sp³-hybridized carbons (Fsp3) is 0.765. The quantitative estimate of drug-likeness (QED) is 0.720. The van der Waals surface area contributed by atoms with Gasteiger partial charge in [-0.3, -0.25) is 0 Å². The molecule has 0 radical (unpaired) electrons. The molecule has 2 unspecified atom stereocenters. The molecule has 2 rings (SSSR count). The van der Waals surface area contributed by atoms with Crippen molar-refractivity contribution in [2.45, 2.75) is 64.0 Å². The minimum Gasteiger partial charge on any atom is -0.472 e. The highest BCUT2D eigenvalue weighted by Crippen LogP contribution is 2.31. The van der Waals surface area contributed by atoms with Gasteiger partial charge in [0.1, 0.15) is 0 Å². The van der Waals surface area contributed by atoms with Crippen molar-refractivity contribution in [3.63, 3.8) is 0 Å². The van der Waals surface area contributed by atoms with E-state index in [4.69, 9.17) is 4.42 Å². The van der Waals surface area contributed by atoms with Crippen molar-refractivity contribution >= 4 is 0 Å². The van der Waals surface area contributed by atoms with Crippen molar-refractivity contribution in [2.24, 2.45) is 5.92 Å². The first-order chi connectivity index (χ1) is 9.85. The molecule has 2 atom stereocenters. The van der Waals surface area contributed by atoms with Crippen LogP contribution in [0.25, 0.3) is 0 Å². The first-order valence-corrected chi connectivity index (χ1v) is 8.28. The molecule has 1 aliphatic carbocycles. The summed E-state index contributed by atoms with van der Waals surface area (Å²) < 4.78 is 5.25. The van der Waals surface area contributed by atoms with Gasteiger partial charge < -0.3 is 15.1 Å². The number of furan rings is 1. The van der Waals surface area contributed by atoms with Crippen LogP contribution in [0.2, 0.25) is 0 Å². The first kappa shape index (κ1) is 15.6. The van der Waals surface area contributed by atoms with Crippen LogP contribution in [0.4, 0.5) is 0 Å². The Labute approximate surface area is 123 Å². The van der Waals surface area contributed by atoms with E-state index >= 15 is 0 Å². The first-order valence-electron chi connectivity index (χ1n) is 8.28. The summed E-state index contributed by atoms with van der Waals surface area (Å²) in [6, 6.07) is 3.21. The Morgan fingerprint density at radius 3 is 2.70 bits per heavy atom. The van der Waals surface area contributed by atoms with Crippen molar-refractivity contribution in [1.82, 2.24) is 10.6 Å². The molecule has 20 heavy (non-hydrogen) atoms. The summed E-state index contributed by atoms with van der Waals surface area (Å²) in [6.45, 7) is 3.29. The van der Waals surface area contributed by atoms with Crippen LogP contribution >= 0.6 is 0 Å². The maximum atomic E-state index is 5.25. The molecule has 114 valence electrons. The van der Waals surface area contributed by atoms with Gasteiger partial charge in [-0.1, -0.05) is 19.8 Å². The summed E-state index contributed by atoms with van der Waals surface area (Å²) in [7, 11) is 2.12. The molecule has 0 amide bonds. The van der Waals surface area contributed by atoms with Crippen molar-refractivity contribution in [2.75, 3.05) is 13.6 Å². The van der Waals surface area contributed by atoms with Gasteiger partial charge in [0.25, 0.3) is 0 Å². The predicted octanol–water partition coefficient (Wildman–Crippen LogP) is 3.88. The zero-order valence-corrected chi connectivity index (χ0v) is 13.0. The monoisotopic (exact) mass is 278 g/mol. The summed E-state index contributed by atoms with van der Waals surface area (Å²) in [4.78, 5) is 0. The van der Waals surface area contributed by atoms with Gasteiger partial charge >= 0.3 is 0 Å². The second-order valence-electron chi connectivity index (χ2n) is 6.08. The Morgan fingerprint density at radius 1 is 1.30 bits per heavy atom. The molecule has 0 saturated heterocycles. The summed E-state index contributed by atoms with van der Waals surface area (Å²) in [5.41, 5.74) is 1.29. The largest absolute Gasteiger partial charge is 0.472 e. The minimum atomic E-state index is 0.436. The van der Waals surface area contributed by atoms with E-state index in [2.05, 4.69) is 30.7 Å². The summed E-state index contributed by atoms with van der Waals surface area (Å²) in [6.07, 6.45) is 12.9. The fourth-order valence-corrected chi connectivity index (χ4v) is 3.50. The SMILES string of the molecule is CCCNC(CCC(NC)C1CCCC1)c1ccoc1. The molecule has 1 aliphatic rings. The summed E-state index contributed by atoms with van der Waals surface area (Å²) in [5, 5.41) is 7.20. The molecule has 0 bridgehead atoms. The Bertz CT molecular complexity index is 344. The topological polar surface area (TPSA) is 37.2 Å². The van der Waals surface area contributed by atoms with Crippen LogP contribution < -0.4 is 10.6 Å². The Morgan fingerprint density at radius 2 is 2.10 bits per heavy atom. The lowest BCUT2D eigenvalue weighted by Crippen LogP contribution is -2.33. The van der Waals surface area contributed by atoms with E-state index in [1.165, 1.54) is 50.5 Å². The molecule has 0 aliphatic heterocycles. The molecule has 3 nitrogen and oxygen atoms in total. The second-order valence-corrected chi connectivity index (χ2v) is 6.08. The highest BCUT2D eigenvalue weighted by Gasteiger charge is 2.24. The van der Waals surface area contributed by atoms with Crippen LogP contribution in [0.1, 0.15) is 63.5 Å². The van der Waals surface area contributed by atoms with E-state index in [-0.39, 0.29) is 0 Å². The molecule has 1 saturated carbocycles. The molecule has 1 aromatic heterocycles. The highest BCUT2D eigenvalue weighted by atomic mass is 16.3.